The Morgan fingerprint density at radius 2 is 1.53 bits per heavy atom. The molecule has 2 amide bonds. The summed E-state index contributed by atoms with van der Waals surface area (Å²) >= 11 is 0. The number of piperazine rings is 1. The molecule has 2 aromatic carbocycles. The van der Waals surface area contributed by atoms with E-state index in [0.717, 1.165) is 16.7 Å². The second-order valence-electron chi connectivity index (χ2n) is 9.58. The Labute approximate surface area is 199 Å². The monoisotopic (exact) mass is 459 g/mol. The molecule has 1 saturated carbocycles. The van der Waals surface area contributed by atoms with Crippen LogP contribution in [0.1, 0.15) is 41.6 Å². The van der Waals surface area contributed by atoms with Crippen LogP contribution in [-0.2, 0) is 14.9 Å². The molecule has 5 rings (SSSR count). The molecule has 0 unspecified atom stereocenters. The summed E-state index contributed by atoms with van der Waals surface area (Å²) in [5.41, 5.74) is 1.96. The van der Waals surface area contributed by atoms with Crippen LogP contribution in [0, 0.1) is 11.3 Å². The minimum Gasteiger partial charge on any atom is -0.381 e. The van der Waals surface area contributed by atoms with Gasteiger partial charge in [-0.3, -0.25) is 9.59 Å². The van der Waals surface area contributed by atoms with Crippen molar-refractivity contribution in [1.29, 1.82) is 5.26 Å². The molecule has 2 heterocycles. The molecule has 1 N–H and O–H groups in total. The fourth-order valence-electron chi connectivity index (χ4n) is 4.91. The van der Waals surface area contributed by atoms with Crippen molar-refractivity contribution in [2.45, 2.75) is 36.7 Å². The molecule has 0 radical (unpaired) electrons. The van der Waals surface area contributed by atoms with Gasteiger partial charge >= 0.3 is 0 Å². The number of nitrogens with zero attached hydrogens (tertiary/aromatic N) is 3. The standard InChI is InChI=1S/C27H29N3O4/c28-19-26(10-16-34-17-11-26)23-3-1-2-22(18-23)20-4-6-21(7-5-20)24(31)29-12-14-30(15-13-29)25(32)27(33)8-9-27/h1-7,18,33H,8-17H2. The first-order valence-electron chi connectivity index (χ1n) is 12.0. The average molecular weight is 460 g/mol. The molecule has 3 aliphatic rings. The van der Waals surface area contributed by atoms with E-state index in [0.29, 0.717) is 70.6 Å². The van der Waals surface area contributed by atoms with E-state index in [9.17, 15) is 20.0 Å². The fraction of sp³-hybridized carbons (Fsp3) is 0.444. The van der Waals surface area contributed by atoms with Crippen LogP contribution in [0.3, 0.4) is 0 Å². The molecule has 1 aliphatic carbocycles. The minimum absolute atomic E-state index is 0.0526. The molecular formula is C27H29N3O4. The first-order chi connectivity index (χ1) is 16.4. The van der Waals surface area contributed by atoms with Crippen LogP contribution in [0.2, 0.25) is 0 Å². The van der Waals surface area contributed by atoms with Gasteiger partial charge in [0.05, 0.1) is 11.5 Å². The lowest BCUT2D eigenvalue weighted by atomic mass is 9.75. The number of carbonyl (C=O) groups excluding carboxylic acids is 2. The zero-order valence-corrected chi connectivity index (χ0v) is 19.2. The van der Waals surface area contributed by atoms with Gasteiger partial charge in [0.2, 0.25) is 0 Å². The van der Waals surface area contributed by atoms with Crippen LogP contribution >= 0.6 is 0 Å². The number of ether oxygens (including phenoxy) is 1. The van der Waals surface area contributed by atoms with E-state index < -0.39 is 11.0 Å². The lowest BCUT2D eigenvalue weighted by Gasteiger charge is -2.35. The van der Waals surface area contributed by atoms with Crippen molar-refractivity contribution in [2.75, 3.05) is 39.4 Å². The van der Waals surface area contributed by atoms with E-state index in [-0.39, 0.29) is 11.8 Å². The van der Waals surface area contributed by atoms with Gasteiger partial charge in [-0.2, -0.15) is 5.26 Å². The van der Waals surface area contributed by atoms with Crippen molar-refractivity contribution < 1.29 is 19.4 Å². The van der Waals surface area contributed by atoms with Crippen molar-refractivity contribution in [3.05, 3.63) is 59.7 Å². The number of carbonyl (C=O) groups is 2. The number of nitriles is 1. The number of benzene rings is 2. The highest BCUT2D eigenvalue weighted by Crippen LogP contribution is 2.37. The second kappa shape index (κ2) is 8.86. The smallest absolute Gasteiger partial charge is 0.254 e. The average Bonchev–Trinajstić information content (AvgIpc) is 3.67. The van der Waals surface area contributed by atoms with Gasteiger partial charge in [0.25, 0.3) is 11.8 Å². The highest BCUT2D eigenvalue weighted by atomic mass is 16.5. The van der Waals surface area contributed by atoms with Crippen molar-refractivity contribution in [2.24, 2.45) is 0 Å². The van der Waals surface area contributed by atoms with Gasteiger partial charge < -0.3 is 19.6 Å². The van der Waals surface area contributed by atoms with E-state index >= 15 is 0 Å². The summed E-state index contributed by atoms with van der Waals surface area (Å²) in [6, 6.07) is 18.2. The Morgan fingerprint density at radius 1 is 0.882 bits per heavy atom. The molecule has 34 heavy (non-hydrogen) atoms. The van der Waals surface area contributed by atoms with E-state index in [1.165, 1.54) is 0 Å². The molecule has 0 spiro atoms. The lowest BCUT2D eigenvalue weighted by molar-refractivity contribution is -0.143. The third-order valence-corrected chi connectivity index (χ3v) is 7.42. The fourth-order valence-corrected chi connectivity index (χ4v) is 4.91. The van der Waals surface area contributed by atoms with Crippen molar-refractivity contribution in [3.8, 4) is 17.2 Å². The first kappa shape index (κ1) is 22.6. The highest BCUT2D eigenvalue weighted by Gasteiger charge is 2.50. The van der Waals surface area contributed by atoms with E-state index in [1.54, 1.807) is 9.80 Å². The summed E-state index contributed by atoms with van der Waals surface area (Å²) in [5.74, 6) is -0.256. The zero-order valence-electron chi connectivity index (χ0n) is 19.2. The third kappa shape index (κ3) is 4.20. The molecule has 176 valence electrons. The van der Waals surface area contributed by atoms with Crippen molar-refractivity contribution in [1.82, 2.24) is 9.80 Å². The summed E-state index contributed by atoms with van der Waals surface area (Å²) in [7, 11) is 0. The Balaban J connectivity index is 1.26. The number of hydrogen-bond donors (Lipinski definition) is 1. The molecule has 7 heteroatoms. The molecule has 3 fully saturated rings. The van der Waals surface area contributed by atoms with Crippen LogP contribution in [0.15, 0.2) is 48.5 Å². The topological polar surface area (TPSA) is 93.9 Å². The molecule has 0 aromatic heterocycles. The van der Waals surface area contributed by atoms with Gasteiger partial charge in [-0.1, -0.05) is 30.3 Å². The maximum Gasteiger partial charge on any atom is 0.254 e. The molecule has 2 saturated heterocycles. The third-order valence-electron chi connectivity index (χ3n) is 7.42. The Bertz CT molecular complexity index is 1120. The molecule has 0 bridgehead atoms. The van der Waals surface area contributed by atoms with Gasteiger partial charge in [-0.25, -0.2) is 0 Å². The number of aliphatic hydroxyl groups is 1. The highest BCUT2D eigenvalue weighted by molar-refractivity contribution is 5.95. The maximum atomic E-state index is 13.0. The minimum atomic E-state index is -1.16. The SMILES string of the molecule is N#CC1(c2cccc(-c3ccc(C(=O)N4CCN(C(=O)C5(O)CC5)CC4)cc3)c2)CCOCC1. The van der Waals surface area contributed by atoms with Crippen LogP contribution < -0.4 is 0 Å². The summed E-state index contributed by atoms with van der Waals surface area (Å²) < 4.78 is 5.47. The van der Waals surface area contributed by atoms with Crippen LogP contribution in [0.4, 0.5) is 0 Å². The second-order valence-corrected chi connectivity index (χ2v) is 9.58. The summed E-state index contributed by atoms with van der Waals surface area (Å²) in [4.78, 5) is 28.7. The molecule has 7 nitrogen and oxygen atoms in total. The van der Waals surface area contributed by atoms with Gasteiger partial charge in [0.15, 0.2) is 0 Å². The largest absolute Gasteiger partial charge is 0.381 e. The first-order valence-corrected chi connectivity index (χ1v) is 12.0. The van der Waals surface area contributed by atoms with Crippen LogP contribution in [0.25, 0.3) is 11.1 Å². The molecular weight excluding hydrogens is 430 g/mol. The number of hydrogen-bond acceptors (Lipinski definition) is 5. The van der Waals surface area contributed by atoms with E-state index in [1.807, 2.05) is 42.5 Å². The van der Waals surface area contributed by atoms with Gasteiger partial charge in [0, 0.05) is 45.0 Å². The zero-order chi connectivity index (χ0) is 23.8. The summed E-state index contributed by atoms with van der Waals surface area (Å²) in [6.45, 7) is 3.01. The maximum absolute atomic E-state index is 13.0. The summed E-state index contributed by atoms with van der Waals surface area (Å²) in [6.07, 6.45) is 2.45. The summed E-state index contributed by atoms with van der Waals surface area (Å²) in [5, 5.41) is 19.9. The number of amides is 2. The van der Waals surface area contributed by atoms with Crippen LogP contribution in [-0.4, -0.2) is 71.7 Å². The van der Waals surface area contributed by atoms with Crippen LogP contribution in [0.5, 0.6) is 0 Å². The van der Waals surface area contributed by atoms with Gasteiger partial charge in [-0.15, -0.1) is 0 Å². The Kier molecular flexibility index (Phi) is 5.88. The number of rotatable bonds is 4. The normalized spacial score (nSPS) is 20.9. The molecule has 2 aliphatic heterocycles. The van der Waals surface area contributed by atoms with Crippen molar-refractivity contribution in [3.63, 3.8) is 0 Å². The molecule has 2 aromatic rings. The van der Waals surface area contributed by atoms with Gasteiger partial charge in [0.1, 0.15) is 5.60 Å². The van der Waals surface area contributed by atoms with Crippen molar-refractivity contribution >= 4 is 11.8 Å². The Hall–Kier alpha value is -3.21. The lowest BCUT2D eigenvalue weighted by Crippen LogP contribution is -2.53. The van der Waals surface area contributed by atoms with E-state index in [2.05, 4.69) is 12.1 Å². The quantitative estimate of drug-likeness (QED) is 0.759. The molecule has 0 atom stereocenters. The predicted molar refractivity (Wildman–Crippen MR) is 126 cm³/mol. The Morgan fingerprint density at radius 3 is 2.15 bits per heavy atom. The van der Waals surface area contributed by atoms with Gasteiger partial charge in [-0.05, 0) is 60.6 Å². The van der Waals surface area contributed by atoms with E-state index in [4.69, 9.17) is 4.74 Å². The predicted octanol–water partition coefficient (Wildman–Crippen LogP) is 2.73.